The summed E-state index contributed by atoms with van der Waals surface area (Å²) in [4.78, 5) is 55.1. The fourth-order valence-corrected chi connectivity index (χ4v) is 4.80. The van der Waals surface area contributed by atoms with E-state index in [1.807, 2.05) is 0 Å². The molecular weight excluding hydrogens is 522 g/mol. The molecule has 3 amide bonds. The number of nitrogens with zero attached hydrogens (tertiary/aromatic N) is 3. The molecule has 1 unspecified atom stereocenters. The Morgan fingerprint density at radius 2 is 1.50 bits per heavy atom. The Bertz CT molecular complexity index is 1020. The summed E-state index contributed by atoms with van der Waals surface area (Å²) in [5.74, 6) is -1.39. The first kappa shape index (κ1) is 31.2. The van der Waals surface area contributed by atoms with E-state index in [0.717, 1.165) is 0 Å². The first-order chi connectivity index (χ1) is 18.9. The number of carbonyl (C=O) groups excluding carboxylic acids is 3. The number of piperidine rings is 2. The van der Waals surface area contributed by atoms with E-state index in [1.165, 1.54) is 21.9 Å². The van der Waals surface area contributed by atoms with E-state index in [2.05, 4.69) is 0 Å². The van der Waals surface area contributed by atoms with Gasteiger partial charge in [0.25, 0.3) is 11.8 Å². The van der Waals surface area contributed by atoms with Gasteiger partial charge in [0.1, 0.15) is 18.0 Å². The minimum atomic E-state index is -1.41. The molecule has 2 aliphatic rings. The molecule has 2 aliphatic heterocycles. The van der Waals surface area contributed by atoms with Crippen LogP contribution in [0.25, 0.3) is 0 Å². The van der Waals surface area contributed by atoms with Crippen molar-refractivity contribution in [2.24, 2.45) is 0 Å². The van der Waals surface area contributed by atoms with E-state index in [9.17, 15) is 29.4 Å². The van der Waals surface area contributed by atoms with Crippen LogP contribution in [0.15, 0.2) is 24.3 Å². The average Bonchev–Trinajstić information content (AvgIpc) is 2.91. The van der Waals surface area contributed by atoms with Crippen molar-refractivity contribution in [3.63, 3.8) is 0 Å². The normalized spacial score (nSPS) is 17.8. The number of carbonyl (C=O) groups is 4. The highest BCUT2D eigenvalue weighted by Gasteiger charge is 2.39. The maximum Gasteiger partial charge on any atom is 0.407 e. The minimum Gasteiger partial charge on any atom is -0.508 e. The molecule has 2 N–H and O–H groups in total. The first-order valence-electron chi connectivity index (χ1n) is 13.7. The van der Waals surface area contributed by atoms with Gasteiger partial charge in [-0.3, -0.25) is 9.59 Å². The van der Waals surface area contributed by atoms with Gasteiger partial charge < -0.3 is 39.1 Å². The molecule has 1 aromatic rings. The Labute approximate surface area is 234 Å². The summed E-state index contributed by atoms with van der Waals surface area (Å²) in [7, 11) is 0. The van der Waals surface area contributed by atoms with Gasteiger partial charge in [-0.2, -0.15) is 0 Å². The minimum absolute atomic E-state index is 0.0538. The van der Waals surface area contributed by atoms with E-state index in [4.69, 9.17) is 14.2 Å². The number of phenols is 1. The van der Waals surface area contributed by atoms with Crippen LogP contribution >= 0.6 is 0 Å². The Hall–Kier alpha value is -3.38. The lowest BCUT2D eigenvalue weighted by Crippen LogP contribution is -2.54. The second-order valence-corrected chi connectivity index (χ2v) is 11.0. The van der Waals surface area contributed by atoms with Crippen LogP contribution in [0.1, 0.15) is 53.4 Å². The molecule has 1 aromatic carbocycles. The number of ether oxygens (including phenoxy) is 3. The zero-order valence-electron chi connectivity index (χ0n) is 23.7. The molecule has 0 saturated carbocycles. The number of likely N-dealkylation sites (tertiary alicyclic amines) is 2. The lowest BCUT2D eigenvalue weighted by atomic mass is 10.1. The number of esters is 1. The maximum absolute atomic E-state index is 13.8. The van der Waals surface area contributed by atoms with Gasteiger partial charge in [-0.15, -0.1) is 0 Å². The molecule has 40 heavy (non-hydrogen) atoms. The third kappa shape index (κ3) is 8.82. The molecule has 0 bridgehead atoms. The number of likely N-dealkylation sites (N-methyl/N-ethyl adjacent to an activating group) is 1. The van der Waals surface area contributed by atoms with Crippen molar-refractivity contribution >= 4 is 29.6 Å². The summed E-state index contributed by atoms with van der Waals surface area (Å²) >= 11 is 0. The van der Waals surface area contributed by atoms with Crippen LogP contribution in [-0.4, -0.2) is 107 Å². The highest BCUT2D eigenvalue weighted by molar-refractivity contribution is 6.10. The third-order valence-electron chi connectivity index (χ3n) is 6.84. The predicted molar refractivity (Wildman–Crippen MR) is 145 cm³/mol. The quantitative estimate of drug-likeness (QED) is 0.342. The third-order valence-corrected chi connectivity index (χ3v) is 6.84. The number of rotatable bonds is 9. The fraction of sp³-hybridized carbons (Fsp3) is 0.643. The van der Waals surface area contributed by atoms with Gasteiger partial charge in [0.15, 0.2) is 0 Å². The summed E-state index contributed by atoms with van der Waals surface area (Å²) in [5, 5.41) is 18.9. The SMILES string of the molecule is CCN(C(=O)C(OC1CCN(C(=O)O)CC1)C(=O)N1CCC(OCC(=O)OC(C)(C)C)CC1)c1ccc(O)cc1. The van der Waals surface area contributed by atoms with Gasteiger partial charge in [0.2, 0.25) is 6.10 Å². The lowest BCUT2D eigenvalue weighted by molar-refractivity contribution is -0.165. The standard InChI is InChI=1S/C28H41N3O9/c1-5-31(19-6-8-20(32)9-7-19)26(35)24(39-22-12-16-30(17-13-22)27(36)37)25(34)29-14-10-21(11-15-29)38-18-23(33)40-28(2,3)4/h6-9,21-22,24,32H,5,10-18H2,1-4H3,(H,36,37). The van der Waals surface area contributed by atoms with Crippen molar-refractivity contribution in [1.82, 2.24) is 9.80 Å². The Morgan fingerprint density at radius 1 is 0.950 bits per heavy atom. The second kappa shape index (κ2) is 13.8. The van der Waals surface area contributed by atoms with Crippen LogP contribution < -0.4 is 4.90 Å². The zero-order chi connectivity index (χ0) is 29.4. The van der Waals surface area contributed by atoms with Gasteiger partial charge in [-0.05, 0) is 77.6 Å². The number of amides is 3. The zero-order valence-corrected chi connectivity index (χ0v) is 23.7. The lowest BCUT2D eigenvalue weighted by Gasteiger charge is -2.37. The van der Waals surface area contributed by atoms with Crippen LogP contribution in [0, 0.1) is 0 Å². The number of anilines is 1. The van der Waals surface area contributed by atoms with E-state index in [-0.39, 0.29) is 38.1 Å². The van der Waals surface area contributed by atoms with Crippen LogP contribution in [0.2, 0.25) is 0 Å². The highest BCUT2D eigenvalue weighted by atomic mass is 16.6. The van der Waals surface area contributed by atoms with Crippen LogP contribution in [0.3, 0.4) is 0 Å². The molecule has 2 fully saturated rings. The van der Waals surface area contributed by atoms with Gasteiger partial charge in [0.05, 0.1) is 12.2 Å². The maximum atomic E-state index is 13.8. The highest BCUT2D eigenvalue weighted by Crippen LogP contribution is 2.24. The summed E-state index contributed by atoms with van der Waals surface area (Å²) in [6, 6.07) is 6.12. The van der Waals surface area contributed by atoms with Gasteiger partial charge in [-0.25, -0.2) is 9.59 Å². The number of benzene rings is 1. The Kier molecular flexibility index (Phi) is 10.7. The average molecular weight is 564 g/mol. The summed E-state index contributed by atoms with van der Waals surface area (Å²) < 4.78 is 17.1. The topological polar surface area (TPSA) is 146 Å². The molecule has 222 valence electrons. The van der Waals surface area contributed by atoms with E-state index in [1.54, 1.807) is 44.7 Å². The molecular formula is C28H41N3O9. The largest absolute Gasteiger partial charge is 0.508 e. The number of carboxylic acid groups (broad SMARTS) is 1. The molecule has 0 aliphatic carbocycles. The summed E-state index contributed by atoms with van der Waals surface area (Å²) in [6.45, 7) is 8.40. The van der Waals surface area contributed by atoms with Gasteiger partial charge in [0, 0.05) is 38.4 Å². The van der Waals surface area contributed by atoms with Crippen molar-refractivity contribution in [2.45, 2.75) is 77.3 Å². The van der Waals surface area contributed by atoms with Crippen molar-refractivity contribution in [3.05, 3.63) is 24.3 Å². The smallest absolute Gasteiger partial charge is 0.407 e. The monoisotopic (exact) mass is 563 g/mol. The van der Waals surface area contributed by atoms with E-state index >= 15 is 0 Å². The molecule has 0 aromatic heterocycles. The van der Waals surface area contributed by atoms with E-state index in [0.29, 0.717) is 44.5 Å². The number of phenolic OH excluding ortho intramolecular Hbond substituents is 1. The number of hydrogen-bond donors (Lipinski definition) is 2. The molecule has 0 radical (unpaired) electrons. The van der Waals surface area contributed by atoms with Gasteiger partial charge in [-0.1, -0.05) is 0 Å². The second-order valence-electron chi connectivity index (χ2n) is 11.0. The first-order valence-corrected chi connectivity index (χ1v) is 13.7. The molecule has 2 heterocycles. The van der Waals surface area contributed by atoms with Crippen molar-refractivity contribution in [1.29, 1.82) is 0 Å². The summed E-state index contributed by atoms with van der Waals surface area (Å²) in [5.41, 5.74) is -0.0872. The van der Waals surface area contributed by atoms with Crippen LogP contribution in [0.5, 0.6) is 5.75 Å². The molecule has 1 atom stereocenters. The van der Waals surface area contributed by atoms with Crippen molar-refractivity contribution < 1.29 is 43.6 Å². The van der Waals surface area contributed by atoms with Crippen molar-refractivity contribution in [2.75, 3.05) is 44.2 Å². The Balaban J connectivity index is 1.67. The predicted octanol–water partition coefficient (Wildman–Crippen LogP) is 2.62. The number of hydrogen-bond acceptors (Lipinski definition) is 8. The molecule has 2 saturated heterocycles. The fourth-order valence-electron chi connectivity index (χ4n) is 4.80. The molecule has 0 spiro atoms. The molecule has 12 heteroatoms. The van der Waals surface area contributed by atoms with Gasteiger partial charge >= 0.3 is 12.1 Å². The molecule has 12 nitrogen and oxygen atoms in total. The van der Waals surface area contributed by atoms with Crippen LogP contribution in [-0.2, 0) is 28.6 Å². The number of aromatic hydroxyl groups is 1. The molecule has 3 rings (SSSR count). The summed E-state index contributed by atoms with van der Waals surface area (Å²) in [6.07, 6.45) is -1.38. The van der Waals surface area contributed by atoms with Crippen molar-refractivity contribution in [3.8, 4) is 5.75 Å². The van der Waals surface area contributed by atoms with E-state index < -0.39 is 41.7 Å². The Morgan fingerprint density at radius 3 is 2.02 bits per heavy atom. The van der Waals surface area contributed by atoms with Crippen LogP contribution in [0.4, 0.5) is 10.5 Å².